The van der Waals surface area contributed by atoms with Crippen molar-refractivity contribution in [1.82, 2.24) is 0 Å². The third-order valence-electron chi connectivity index (χ3n) is 3.04. The quantitative estimate of drug-likeness (QED) is 0.375. The molecule has 0 heterocycles. The van der Waals surface area contributed by atoms with E-state index in [0.717, 1.165) is 10.8 Å². The van der Waals surface area contributed by atoms with Gasteiger partial charge in [0.1, 0.15) is 10.1 Å². The zero-order chi connectivity index (χ0) is 13.6. The topological polar surface area (TPSA) is 57.2 Å². The molecule has 0 amide bonds. The van der Waals surface area contributed by atoms with Crippen LogP contribution in [0.3, 0.4) is 0 Å². The van der Waals surface area contributed by atoms with E-state index in [1.807, 2.05) is 30.3 Å². The Kier molecular flexibility index (Phi) is 4.15. The summed E-state index contributed by atoms with van der Waals surface area (Å²) in [7, 11) is -4.61. The van der Waals surface area contributed by atoms with Gasteiger partial charge in [-0.15, -0.1) is 0 Å². The third-order valence-corrected chi connectivity index (χ3v) is 4.41. The van der Waals surface area contributed by atoms with Crippen molar-refractivity contribution in [3.05, 3.63) is 53.6 Å². The Morgan fingerprint density at radius 3 is 2.10 bits per heavy atom. The minimum atomic E-state index is -4.61. The van der Waals surface area contributed by atoms with E-state index in [1.165, 1.54) is 6.07 Å². The van der Waals surface area contributed by atoms with E-state index in [1.54, 1.807) is 12.1 Å². The van der Waals surface area contributed by atoms with Gasteiger partial charge in [-0.2, -0.15) is 0 Å². The van der Waals surface area contributed by atoms with Crippen LogP contribution >= 0.6 is 11.6 Å². The average molecular weight is 299 g/mol. The van der Waals surface area contributed by atoms with Gasteiger partial charge < -0.3 is 4.55 Å². The predicted octanol–water partition coefficient (Wildman–Crippen LogP) is 0.554. The fourth-order valence-electron chi connectivity index (χ4n) is 2.21. The molecule has 0 atom stereocenters. The Morgan fingerprint density at radius 1 is 0.900 bits per heavy atom. The summed E-state index contributed by atoms with van der Waals surface area (Å²) in [5.41, 5.74) is 0. The maximum atomic E-state index is 11.4. The Bertz CT molecular complexity index is 907. The fourth-order valence-corrected chi connectivity index (χ4v) is 3.42. The van der Waals surface area contributed by atoms with Crippen molar-refractivity contribution < 1.29 is 31.8 Å². The number of halogens is 1. The van der Waals surface area contributed by atoms with Crippen LogP contribution in [0.2, 0.25) is 5.02 Å². The summed E-state index contributed by atoms with van der Waals surface area (Å²) in [6.45, 7) is 0. The molecule has 0 aliphatic rings. The number of hydrogen-bond donors (Lipinski definition) is 0. The molecule has 0 spiro atoms. The molecule has 0 aromatic heterocycles. The number of fused-ring (bicyclic) bond motifs is 2. The first-order chi connectivity index (χ1) is 8.97. The zero-order valence-corrected chi connectivity index (χ0v) is 12.2. The molecular formula is C14H8ClLiO3S. The fraction of sp³-hybridized carbons (Fsp3) is 0. The Hall–Kier alpha value is -1.02. The van der Waals surface area contributed by atoms with E-state index in [0.29, 0.717) is 10.8 Å². The van der Waals surface area contributed by atoms with Crippen LogP contribution in [0.25, 0.3) is 21.5 Å². The Balaban J connectivity index is 0.00000147. The molecule has 0 radical (unpaired) electrons. The van der Waals surface area contributed by atoms with Crippen molar-refractivity contribution in [3.63, 3.8) is 0 Å². The van der Waals surface area contributed by atoms with Crippen LogP contribution in [0.15, 0.2) is 53.4 Å². The molecule has 0 aliphatic heterocycles. The molecule has 0 N–H and O–H groups in total. The van der Waals surface area contributed by atoms with Crippen LogP contribution in [-0.4, -0.2) is 13.0 Å². The van der Waals surface area contributed by atoms with Crippen LogP contribution in [0, 0.1) is 0 Å². The van der Waals surface area contributed by atoms with Crippen LogP contribution in [0.1, 0.15) is 0 Å². The summed E-state index contributed by atoms with van der Waals surface area (Å²) >= 11 is 5.86. The molecule has 20 heavy (non-hydrogen) atoms. The second-order valence-corrected chi connectivity index (χ2v) is 5.97. The van der Waals surface area contributed by atoms with Gasteiger partial charge >= 0.3 is 18.9 Å². The smallest absolute Gasteiger partial charge is 0.744 e. The van der Waals surface area contributed by atoms with Gasteiger partial charge in [0.05, 0.1) is 9.92 Å². The Morgan fingerprint density at radius 2 is 1.50 bits per heavy atom. The molecule has 0 saturated carbocycles. The minimum Gasteiger partial charge on any atom is -0.744 e. The van der Waals surface area contributed by atoms with E-state index in [-0.39, 0.29) is 28.8 Å². The SMILES string of the molecule is O=S(=O)([O-])c1c(Cl)ccc2cc3ccccc3cc12.[Li+]. The molecule has 3 nitrogen and oxygen atoms in total. The summed E-state index contributed by atoms with van der Waals surface area (Å²) in [4.78, 5) is -0.350. The van der Waals surface area contributed by atoms with Crippen molar-refractivity contribution in [2.45, 2.75) is 4.90 Å². The van der Waals surface area contributed by atoms with Gasteiger partial charge in [-0.25, -0.2) is 8.42 Å². The van der Waals surface area contributed by atoms with Crippen LogP contribution in [0.4, 0.5) is 0 Å². The summed E-state index contributed by atoms with van der Waals surface area (Å²) in [6, 6.07) is 14.2. The normalized spacial score (nSPS) is 11.5. The van der Waals surface area contributed by atoms with Gasteiger partial charge in [-0.3, -0.25) is 0 Å². The molecule has 96 valence electrons. The van der Waals surface area contributed by atoms with E-state index in [2.05, 4.69) is 0 Å². The molecule has 6 heteroatoms. The van der Waals surface area contributed by atoms with Gasteiger partial charge in [-0.05, 0) is 34.4 Å². The average Bonchev–Trinajstić information content (AvgIpc) is 2.34. The molecule has 3 aromatic carbocycles. The second kappa shape index (κ2) is 5.40. The monoisotopic (exact) mass is 298 g/mol. The van der Waals surface area contributed by atoms with Crippen molar-refractivity contribution in [2.75, 3.05) is 0 Å². The zero-order valence-electron chi connectivity index (χ0n) is 10.6. The first-order valence-corrected chi connectivity index (χ1v) is 7.32. The molecule has 0 fully saturated rings. The molecule has 0 aliphatic carbocycles. The van der Waals surface area contributed by atoms with Crippen LogP contribution in [-0.2, 0) is 10.1 Å². The van der Waals surface area contributed by atoms with Crippen molar-refractivity contribution in [2.24, 2.45) is 0 Å². The van der Waals surface area contributed by atoms with Gasteiger partial charge in [-0.1, -0.05) is 41.9 Å². The van der Waals surface area contributed by atoms with Crippen molar-refractivity contribution >= 4 is 43.3 Å². The van der Waals surface area contributed by atoms with Crippen molar-refractivity contribution in [1.29, 1.82) is 0 Å². The first kappa shape index (κ1) is 15.4. The maximum absolute atomic E-state index is 11.4. The van der Waals surface area contributed by atoms with Gasteiger partial charge in [0.15, 0.2) is 0 Å². The van der Waals surface area contributed by atoms with Crippen LogP contribution in [0.5, 0.6) is 0 Å². The van der Waals surface area contributed by atoms with Gasteiger partial charge in [0.25, 0.3) is 0 Å². The van der Waals surface area contributed by atoms with E-state index in [9.17, 15) is 13.0 Å². The molecule has 0 saturated heterocycles. The Labute approximate surface area is 133 Å². The molecule has 0 unspecified atom stereocenters. The number of rotatable bonds is 1. The third kappa shape index (κ3) is 2.58. The van der Waals surface area contributed by atoms with Gasteiger partial charge in [0.2, 0.25) is 0 Å². The minimum absolute atomic E-state index is 0. The molecule has 0 bridgehead atoms. The first-order valence-electron chi connectivity index (χ1n) is 5.54. The van der Waals surface area contributed by atoms with Crippen LogP contribution < -0.4 is 18.9 Å². The standard InChI is InChI=1S/C14H9ClO3S.Li/c15-13-6-5-11-7-9-3-1-2-4-10(9)8-12(11)14(13)19(16,17)18;/h1-8H,(H,16,17,18);/q;+1/p-1. The summed E-state index contributed by atoms with van der Waals surface area (Å²) in [5, 5.41) is 2.84. The van der Waals surface area contributed by atoms with Gasteiger partial charge in [0, 0.05) is 5.39 Å². The maximum Gasteiger partial charge on any atom is 1.00 e. The largest absolute Gasteiger partial charge is 1.00 e. The molecule has 3 aromatic rings. The number of benzene rings is 3. The molecule has 3 rings (SSSR count). The van der Waals surface area contributed by atoms with E-state index >= 15 is 0 Å². The predicted molar refractivity (Wildman–Crippen MR) is 74.4 cm³/mol. The van der Waals surface area contributed by atoms with E-state index < -0.39 is 10.1 Å². The summed E-state index contributed by atoms with van der Waals surface area (Å²) in [6.07, 6.45) is 0. The van der Waals surface area contributed by atoms with E-state index in [4.69, 9.17) is 11.6 Å². The summed E-state index contributed by atoms with van der Waals surface area (Å²) in [5.74, 6) is 0. The second-order valence-electron chi connectivity index (χ2n) is 4.25. The van der Waals surface area contributed by atoms with Crippen molar-refractivity contribution in [3.8, 4) is 0 Å². The summed E-state index contributed by atoms with van der Waals surface area (Å²) < 4.78 is 34.1. The number of hydrogen-bond acceptors (Lipinski definition) is 3. The molecular weight excluding hydrogens is 291 g/mol.